The first-order valence-corrected chi connectivity index (χ1v) is 11.6. The van der Waals surface area contributed by atoms with E-state index < -0.39 is 0 Å². The molecule has 0 radical (unpaired) electrons. The number of anilines is 2. The van der Waals surface area contributed by atoms with Gasteiger partial charge in [0.05, 0.1) is 15.7 Å². The lowest BCUT2D eigenvalue weighted by atomic mass is 9.97. The molecule has 1 atom stereocenters. The van der Waals surface area contributed by atoms with E-state index in [2.05, 4.69) is 39.9 Å². The fourth-order valence-electron chi connectivity index (χ4n) is 4.59. The molecular formula is C23H28Cl3N3. The van der Waals surface area contributed by atoms with Gasteiger partial charge in [-0.25, -0.2) is 0 Å². The van der Waals surface area contributed by atoms with Crippen molar-refractivity contribution in [2.45, 2.75) is 19.3 Å². The lowest BCUT2D eigenvalue weighted by Gasteiger charge is -2.37. The molecule has 2 aromatic rings. The minimum atomic E-state index is 0.631. The number of hydrogen-bond acceptors (Lipinski definition) is 3. The Morgan fingerprint density at radius 3 is 2.55 bits per heavy atom. The summed E-state index contributed by atoms with van der Waals surface area (Å²) in [7, 11) is 2.20. The van der Waals surface area contributed by atoms with Crippen molar-refractivity contribution in [3.63, 3.8) is 0 Å². The van der Waals surface area contributed by atoms with Gasteiger partial charge in [-0.2, -0.15) is 0 Å². The number of aryl methyl sites for hydroxylation is 1. The third kappa shape index (κ3) is 4.96. The van der Waals surface area contributed by atoms with Gasteiger partial charge in [0.2, 0.25) is 0 Å². The Kier molecular flexibility index (Phi) is 6.80. The molecule has 0 N–H and O–H groups in total. The number of fused-ring (bicyclic) bond motifs is 1. The van der Waals surface area contributed by atoms with Gasteiger partial charge in [-0.3, -0.25) is 4.90 Å². The predicted octanol–water partition coefficient (Wildman–Crippen LogP) is 5.86. The third-order valence-electron chi connectivity index (χ3n) is 6.31. The Morgan fingerprint density at radius 2 is 1.76 bits per heavy atom. The zero-order chi connectivity index (χ0) is 20.4. The Bertz CT molecular complexity index is 849. The van der Waals surface area contributed by atoms with Gasteiger partial charge < -0.3 is 9.80 Å². The Labute approximate surface area is 189 Å². The molecule has 2 aliphatic rings. The SMILES string of the molecule is CN1C[C@@H](CCN2CCN(c3cccc(Cl)c3Cl)CC2)CCc2ccc(Cl)cc21. The van der Waals surface area contributed by atoms with Crippen molar-refractivity contribution in [2.24, 2.45) is 5.92 Å². The monoisotopic (exact) mass is 451 g/mol. The van der Waals surface area contributed by atoms with Crippen molar-refractivity contribution in [1.29, 1.82) is 0 Å². The van der Waals surface area contributed by atoms with Crippen molar-refractivity contribution in [2.75, 3.05) is 56.1 Å². The van der Waals surface area contributed by atoms with Crippen LogP contribution in [0.1, 0.15) is 18.4 Å². The van der Waals surface area contributed by atoms with Crippen LogP contribution in [0.2, 0.25) is 15.1 Å². The minimum absolute atomic E-state index is 0.631. The maximum absolute atomic E-state index is 6.40. The highest BCUT2D eigenvalue weighted by atomic mass is 35.5. The number of piperazine rings is 1. The van der Waals surface area contributed by atoms with Gasteiger partial charge >= 0.3 is 0 Å². The van der Waals surface area contributed by atoms with Crippen LogP contribution in [0.4, 0.5) is 11.4 Å². The van der Waals surface area contributed by atoms with Crippen LogP contribution in [-0.4, -0.2) is 51.2 Å². The lowest BCUT2D eigenvalue weighted by Crippen LogP contribution is -2.47. The fraction of sp³-hybridized carbons (Fsp3) is 0.478. The summed E-state index contributed by atoms with van der Waals surface area (Å²) < 4.78 is 0. The molecule has 1 saturated heterocycles. The zero-order valence-electron chi connectivity index (χ0n) is 16.9. The van der Waals surface area contributed by atoms with Gasteiger partial charge in [0.1, 0.15) is 0 Å². The van der Waals surface area contributed by atoms with Crippen molar-refractivity contribution in [3.05, 3.63) is 57.0 Å². The molecule has 2 aromatic carbocycles. The van der Waals surface area contributed by atoms with E-state index in [1.807, 2.05) is 18.2 Å². The first-order chi connectivity index (χ1) is 14.0. The van der Waals surface area contributed by atoms with E-state index in [0.29, 0.717) is 16.0 Å². The Hall–Kier alpha value is -1.13. The second-order valence-electron chi connectivity index (χ2n) is 8.25. The summed E-state index contributed by atoms with van der Waals surface area (Å²) in [4.78, 5) is 7.33. The Morgan fingerprint density at radius 1 is 0.966 bits per heavy atom. The number of rotatable bonds is 4. The van der Waals surface area contributed by atoms with Crippen LogP contribution in [0.25, 0.3) is 0 Å². The van der Waals surface area contributed by atoms with E-state index in [1.54, 1.807) is 0 Å². The first-order valence-electron chi connectivity index (χ1n) is 10.4. The van der Waals surface area contributed by atoms with Crippen LogP contribution in [-0.2, 0) is 6.42 Å². The standard InChI is InChI=1S/C23H28Cl3N3/c1-27-16-17(5-6-18-7-8-19(24)15-22(18)27)9-10-28-11-13-29(14-12-28)21-4-2-3-20(25)23(21)26/h2-4,7-8,15,17H,5-6,9-14,16H2,1H3/t17-/m1/s1. The maximum Gasteiger partial charge on any atom is 0.0825 e. The molecule has 0 bridgehead atoms. The highest BCUT2D eigenvalue weighted by molar-refractivity contribution is 6.43. The molecule has 156 valence electrons. The topological polar surface area (TPSA) is 9.72 Å². The quantitative estimate of drug-likeness (QED) is 0.575. The summed E-state index contributed by atoms with van der Waals surface area (Å²) in [6.07, 6.45) is 3.63. The van der Waals surface area contributed by atoms with E-state index in [1.165, 1.54) is 24.1 Å². The second kappa shape index (κ2) is 9.34. The average molecular weight is 453 g/mol. The summed E-state index contributed by atoms with van der Waals surface area (Å²) >= 11 is 18.8. The van der Waals surface area contributed by atoms with E-state index in [4.69, 9.17) is 34.8 Å². The van der Waals surface area contributed by atoms with E-state index in [-0.39, 0.29) is 0 Å². The third-order valence-corrected chi connectivity index (χ3v) is 7.35. The molecule has 0 aromatic heterocycles. The van der Waals surface area contributed by atoms with E-state index in [0.717, 1.165) is 56.4 Å². The average Bonchev–Trinajstić information content (AvgIpc) is 2.88. The molecule has 2 aliphatic heterocycles. The molecule has 6 heteroatoms. The molecule has 2 heterocycles. The van der Waals surface area contributed by atoms with Gasteiger partial charge in [0, 0.05) is 50.5 Å². The summed E-state index contributed by atoms with van der Waals surface area (Å²) in [6, 6.07) is 12.2. The van der Waals surface area contributed by atoms with E-state index >= 15 is 0 Å². The molecule has 0 amide bonds. The smallest absolute Gasteiger partial charge is 0.0825 e. The van der Waals surface area contributed by atoms with Gasteiger partial charge in [0.25, 0.3) is 0 Å². The molecule has 0 spiro atoms. The zero-order valence-corrected chi connectivity index (χ0v) is 19.1. The molecule has 4 rings (SSSR count). The first kappa shape index (κ1) is 21.1. The molecule has 0 aliphatic carbocycles. The lowest BCUT2D eigenvalue weighted by molar-refractivity contribution is 0.236. The molecule has 1 fully saturated rings. The number of halogens is 3. The van der Waals surface area contributed by atoms with Crippen LogP contribution in [0.15, 0.2) is 36.4 Å². The largest absolute Gasteiger partial charge is 0.374 e. The van der Waals surface area contributed by atoms with Crippen molar-refractivity contribution < 1.29 is 0 Å². The fourth-order valence-corrected chi connectivity index (χ4v) is 5.17. The molecule has 0 saturated carbocycles. The van der Waals surface area contributed by atoms with Crippen LogP contribution in [0, 0.1) is 5.92 Å². The normalized spacial score (nSPS) is 20.5. The molecule has 0 unspecified atom stereocenters. The second-order valence-corrected chi connectivity index (χ2v) is 9.47. The van der Waals surface area contributed by atoms with Crippen molar-refractivity contribution in [1.82, 2.24) is 4.90 Å². The summed E-state index contributed by atoms with van der Waals surface area (Å²) in [5.74, 6) is 0.714. The molecule has 29 heavy (non-hydrogen) atoms. The van der Waals surface area contributed by atoms with Gasteiger partial charge in [-0.15, -0.1) is 0 Å². The van der Waals surface area contributed by atoms with Gasteiger partial charge in [-0.1, -0.05) is 46.9 Å². The molecule has 3 nitrogen and oxygen atoms in total. The highest BCUT2D eigenvalue weighted by Gasteiger charge is 2.23. The van der Waals surface area contributed by atoms with Gasteiger partial charge in [-0.05, 0) is 61.6 Å². The minimum Gasteiger partial charge on any atom is -0.374 e. The van der Waals surface area contributed by atoms with Crippen LogP contribution in [0.3, 0.4) is 0 Å². The van der Waals surface area contributed by atoms with Crippen molar-refractivity contribution in [3.8, 4) is 0 Å². The highest BCUT2D eigenvalue weighted by Crippen LogP contribution is 2.33. The Balaban J connectivity index is 1.28. The van der Waals surface area contributed by atoms with Crippen molar-refractivity contribution >= 4 is 46.2 Å². The summed E-state index contributed by atoms with van der Waals surface area (Å²) in [5.41, 5.74) is 3.78. The van der Waals surface area contributed by atoms with Crippen LogP contribution < -0.4 is 9.80 Å². The number of hydrogen-bond donors (Lipinski definition) is 0. The van der Waals surface area contributed by atoms with Gasteiger partial charge in [0.15, 0.2) is 0 Å². The van der Waals surface area contributed by atoms with Crippen LogP contribution >= 0.6 is 34.8 Å². The number of nitrogens with zero attached hydrogens (tertiary/aromatic N) is 3. The summed E-state index contributed by atoms with van der Waals surface area (Å²) in [5, 5.41) is 2.13. The predicted molar refractivity (Wildman–Crippen MR) is 126 cm³/mol. The molecular weight excluding hydrogens is 425 g/mol. The maximum atomic E-state index is 6.40. The summed E-state index contributed by atoms with van der Waals surface area (Å²) in [6.45, 7) is 6.39. The van der Waals surface area contributed by atoms with E-state index in [9.17, 15) is 0 Å². The number of benzene rings is 2. The van der Waals surface area contributed by atoms with Crippen LogP contribution in [0.5, 0.6) is 0 Å².